The van der Waals surface area contributed by atoms with E-state index in [0.29, 0.717) is 13.2 Å². The summed E-state index contributed by atoms with van der Waals surface area (Å²) in [6, 6.07) is 0. The van der Waals surface area contributed by atoms with Crippen molar-refractivity contribution in [3.63, 3.8) is 0 Å². The van der Waals surface area contributed by atoms with Crippen molar-refractivity contribution in [2.24, 2.45) is 0 Å². The molecule has 0 spiro atoms. The van der Waals surface area contributed by atoms with E-state index < -0.39 is 0 Å². The van der Waals surface area contributed by atoms with Gasteiger partial charge in [0.05, 0.1) is 12.9 Å². The zero-order valence-corrected chi connectivity index (χ0v) is 17.1. The second-order valence-electron chi connectivity index (χ2n) is 7.19. The van der Waals surface area contributed by atoms with Crippen LogP contribution in [0.15, 0.2) is 25.0 Å². The van der Waals surface area contributed by atoms with E-state index in [1.807, 2.05) is 21.4 Å². The fourth-order valence-corrected chi connectivity index (χ4v) is 3.91. The van der Waals surface area contributed by atoms with E-state index in [4.69, 9.17) is 4.74 Å². The summed E-state index contributed by atoms with van der Waals surface area (Å²) in [6.07, 6.45) is 7.99. The van der Waals surface area contributed by atoms with E-state index in [1.54, 1.807) is 19.8 Å². The van der Waals surface area contributed by atoms with Crippen LogP contribution in [0.1, 0.15) is 12.7 Å². The maximum absolute atomic E-state index is 5.18. The first-order valence-corrected chi connectivity index (χ1v) is 10.1. The Hall–Kier alpha value is -3.34. The summed E-state index contributed by atoms with van der Waals surface area (Å²) in [5, 5.41) is 8.65. The number of rotatable bonds is 6. The standard InChI is InChI=1S/C19H24N10O/c1-3-14-24-25-19-18(20-4-5-29(14)19)27-8-6-26(7-9-27)16-15-17(22-12-21-16)28(13-23-15)10-11-30-2/h4-5,12-13H,3,6-11H2,1-2H3. The Kier molecular flexibility index (Phi) is 4.87. The second kappa shape index (κ2) is 7.82. The molecule has 1 aliphatic rings. The lowest BCUT2D eigenvalue weighted by Crippen LogP contribution is -2.47. The number of anilines is 2. The molecule has 4 aromatic heterocycles. The Balaban J connectivity index is 1.37. The molecule has 1 aliphatic heterocycles. The topological polar surface area (TPSA) is 102 Å². The minimum Gasteiger partial charge on any atom is -0.383 e. The first-order valence-electron chi connectivity index (χ1n) is 10.1. The number of ether oxygens (including phenoxy) is 1. The van der Waals surface area contributed by atoms with Crippen LogP contribution in [-0.2, 0) is 17.7 Å². The summed E-state index contributed by atoms with van der Waals surface area (Å²) in [6.45, 7) is 6.67. The van der Waals surface area contributed by atoms with Crippen LogP contribution in [0, 0.1) is 0 Å². The van der Waals surface area contributed by atoms with Gasteiger partial charge in [-0.25, -0.2) is 19.9 Å². The number of piperazine rings is 1. The second-order valence-corrected chi connectivity index (χ2v) is 7.19. The SMILES string of the molecule is CCc1nnc2c(N3CCN(c4ncnc5c4ncn5CCOC)CC3)nccn12. The monoisotopic (exact) mass is 408 g/mol. The largest absolute Gasteiger partial charge is 0.383 e. The summed E-state index contributed by atoms with van der Waals surface area (Å²) in [4.78, 5) is 22.6. The lowest BCUT2D eigenvalue weighted by atomic mass is 10.3. The van der Waals surface area contributed by atoms with Gasteiger partial charge in [0.15, 0.2) is 22.8 Å². The van der Waals surface area contributed by atoms with Crippen LogP contribution in [0.3, 0.4) is 0 Å². The number of methoxy groups -OCH3 is 1. The molecule has 1 saturated heterocycles. The molecule has 11 heteroatoms. The maximum atomic E-state index is 5.18. The number of nitrogens with zero attached hydrogens (tertiary/aromatic N) is 10. The summed E-state index contributed by atoms with van der Waals surface area (Å²) in [5.41, 5.74) is 2.47. The summed E-state index contributed by atoms with van der Waals surface area (Å²) in [7, 11) is 1.69. The van der Waals surface area contributed by atoms with E-state index in [-0.39, 0.29) is 0 Å². The lowest BCUT2D eigenvalue weighted by molar-refractivity contribution is 0.188. The number of hydrogen-bond acceptors (Lipinski definition) is 9. The molecule has 1 fully saturated rings. The van der Waals surface area contributed by atoms with Crippen LogP contribution in [0.4, 0.5) is 11.6 Å². The van der Waals surface area contributed by atoms with Crippen LogP contribution in [0.25, 0.3) is 16.8 Å². The lowest BCUT2D eigenvalue weighted by Gasteiger charge is -2.35. The molecular formula is C19H24N10O. The zero-order chi connectivity index (χ0) is 20.5. The first kappa shape index (κ1) is 18.7. The molecule has 11 nitrogen and oxygen atoms in total. The van der Waals surface area contributed by atoms with E-state index in [9.17, 15) is 0 Å². The third kappa shape index (κ3) is 3.11. The van der Waals surface area contributed by atoms with Crippen molar-refractivity contribution in [1.29, 1.82) is 0 Å². The van der Waals surface area contributed by atoms with Crippen LogP contribution in [0.5, 0.6) is 0 Å². The van der Waals surface area contributed by atoms with Crippen LogP contribution >= 0.6 is 0 Å². The molecule has 0 N–H and O–H groups in total. The Bertz CT molecular complexity index is 1160. The van der Waals surface area contributed by atoms with E-state index in [1.165, 1.54) is 0 Å². The molecule has 0 bridgehead atoms. The minimum absolute atomic E-state index is 0.615. The number of aryl methyl sites for hydroxylation is 1. The minimum atomic E-state index is 0.615. The average molecular weight is 408 g/mol. The highest BCUT2D eigenvalue weighted by Crippen LogP contribution is 2.25. The molecule has 0 radical (unpaired) electrons. The van der Waals surface area contributed by atoms with Crippen molar-refractivity contribution in [3.8, 4) is 0 Å². The Labute approximate surface area is 173 Å². The molecule has 0 saturated carbocycles. The smallest absolute Gasteiger partial charge is 0.203 e. The normalized spacial score (nSPS) is 14.9. The summed E-state index contributed by atoms with van der Waals surface area (Å²) in [5.74, 6) is 2.69. The number of fused-ring (bicyclic) bond motifs is 2. The summed E-state index contributed by atoms with van der Waals surface area (Å²) >= 11 is 0. The van der Waals surface area contributed by atoms with Gasteiger partial charge < -0.3 is 19.1 Å². The van der Waals surface area contributed by atoms with Crippen molar-refractivity contribution in [2.45, 2.75) is 19.9 Å². The highest BCUT2D eigenvalue weighted by Gasteiger charge is 2.24. The Morgan fingerprint density at radius 1 is 0.933 bits per heavy atom. The van der Waals surface area contributed by atoms with Crippen LogP contribution < -0.4 is 9.80 Å². The van der Waals surface area contributed by atoms with Gasteiger partial charge in [-0.15, -0.1) is 10.2 Å². The molecular weight excluding hydrogens is 384 g/mol. The highest BCUT2D eigenvalue weighted by molar-refractivity contribution is 5.83. The van der Waals surface area contributed by atoms with Crippen molar-refractivity contribution in [1.82, 2.24) is 39.1 Å². The predicted molar refractivity (Wildman–Crippen MR) is 112 cm³/mol. The van der Waals surface area contributed by atoms with Crippen LogP contribution in [-0.4, -0.2) is 79.0 Å². The van der Waals surface area contributed by atoms with E-state index >= 15 is 0 Å². The van der Waals surface area contributed by atoms with Crippen LogP contribution in [0.2, 0.25) is 0 Å². The van der Waals surface area contributed by atoms with Crippen molar-refractivity contribution in [2.75, 3.05) is 49.7 Å². The molecule has 0 unspecified atom stereocenters. The number of aromatic nitrogens is 8. The fourth-order valence-electron chi connectivity index (χ4n) is 3.91. The van der Waals surface area contributed by atoms with Gasteiger partial charge in [0.1, 0.15) is 12.2 Å². The zero-order valence-electron chi connectivity index (χ0n) is 17.1. The van der Waals surface area contributed by atoms with Gasteiger partial charge in [-0.05, 0) is 0 Å². The van der Waals surface area contributed by atoms with Gasteiger partial charge in [0, 0.05) is 58.6 Å². The van der Waals surface area contributed by atoms with Crippen molar-refractivity contribution < 1.29 is 4.74 Å². The van der Waals surface area contributed by atoms with Gasteiger partial charge in [-0.3, -0.25) is 4.40 Å². The molecule has 156 valence electrons. The van der Waals surface area contributed by atoms with Crippen molar-refractivity contribution >= 4 is 28.4 Å². The number of imidazole rings is 1. The highest BCUT2D eigenvalue weighted by atomic mass is 16.5. The quantitative estimate of drug-likeness (QED) is 0.458. The van der Waals surface area contributed by atoms with Crippen molar-refractivity contribution in [3.05, 3.63) is 30.9 Å². The van der Waals surface area contributed by atoms with Gasteiger partial charge >= 0.3 is 0 Å². The van der Waals surface area contributed by atoms with Gasteiger partial charge in [0.25, 0.3) is 0 Å². The maximum Gasteiger partial charge on any atom is 0.203 e. The fraction of sp³-hybridized carbons (Fsp3) is 0.474. The first-order chi connectivity index (χ1) is 14.8. The average Bonchev–Trinajstić information content (AvgIpc) is 3.41. The number of hydrogen-bond donors (Lipinski definition) is 0. The molecule has 0 atom stereocenters. The van der Waals surface area contributed by atoms with Gasteiger partial charge in [0.2, 0.25) is 5.65 Å². The predicted octanol–water partition coefficient (Wildman–Crippen LogP) is 0.799. The molecule has 0 amide bonds. The Morgan fingerprint density at radius 2 is 1.73 bits per heavy atom. The molecule has 5 rings (SSSR count). The van der Waals surface area contributed by atoms with E-state index in [2.05, 4.69) is 46.9 Å². The van der Waals surface area contributed by atoms with E-state index in [0.717, 1.165) is 66.9 Å². The molecule has 0 aromatic carbocycles. The molecule has 30 heavy (non-hydrogen) atoms. The molecule has 4 aromatic rings. The molecule has 0 aliphatic carbocycles. The van der Waals surface area contributed by atoms with Gasteiger partial charge in [-0.1, -0.05) is 6.92 Å². The van der Waals surface area contributed by atoms with Gasteiger partial charge in [-0.2, -0.15) is 0 Å². The molecule has 5 heterocycles. The Morgan fingerprint density at radius 3 is 2.50 bits per heavy atom. The third-order valence-corrected chi connectivity index (χ3v) is 5.49. The summed E-state index contributed by atoms with van der Waals surface area (Å²) < 4.78 is 9.20. The third-order valence-electron chi connectivity index (χ3n) is 5.49.